The Hall–Kier alpha value is -2.06. The molecule has 2 heterocycles. The third-order valence-corrected chi connectivity index (χ3v) is 8.34. The highest BCUT2D eigenvalue weighted by Crippen LogP contribution is 2.25. The lowest BCUT2D eigenvalue weighted by Crippen LogP contribution is -2.51. The van der Waals surface area contributed by atoms with E-state index in [1.807, 2.05) is 34.1 Å². The largest absolute Gasteiger partial charge is 0.355 e. The van der Waals surface area contributed by atoms with Crippen LogP contribution in [0.2, 0.25) is 0 Å². The molecule has 0 radical (unpaired) electrons. The quantitative estimate of drug-likeness (QED) is 0.572. The molecule has 1 aromatic rings. The number of likely N-dealkylation sites (tertiary alicyclic amines) is 1. The zero-order chi connectivity index (χ0) is 23.8. The number of rotatable bonds is 8. The van der Waals surface area contributed by atoms with Gasteiger partial charge >= 0.3 is 0 Å². The number of carbonyl (C=O) groups excluding carboxylic acids is 3. The highest BCUT2D eigenvalue weighted by Gasteiger charge is 2.27. The maximum absolute atomic E-state index is 13.3. The summed E-state index contributed by atoms with van der Waals surface area (Å²) in [5.41, 5.74) is 0.661. The molecule has 34 heavy (non-hydrogen) atoms. The first-order valence-corrected chi connectivity index (χ1v) is 13.9. The molecule has 0 unspecified atom stereocenters. The van der Waals surface area contributed by atoms with Crippen LogP contribution >= 0.6 is 11.8 Å². The Kier molecular flexibility index (Phi) is 9.27. The zero-order valence-electron chi connectivity index (χ0n) is 20.2. The van der Waals surface area contributed by atoms with Gasteiger partial charge in [-0.15, -0.1) is 11.8 Å². The smallest absolute Gasteiger partial charge is 0.255 e. The number of carbonyl (C=O) groups is 3. The van der Waals surface area contributed by atoms with Crippen molar-refractivity contribution in [3.63, 3.8) is 0 Å². The predicted octanol–water partition coefficient (Wildman–Crippen LogP) is 2.86. The molecular weight excluding hydrogens is 448 g/mol. The summed E-state index contributed by atoms with van der Waals surface area (Å²) in [6.07, 6.45) is 8.49. The highest BCUT2D eigenvalue weighted by molar-refractivity contribution is 8.00. The fraction of sp³-hybridized carbons (Fsp3) is 0.654. The summed E-state index contributed by atoms with van der Waals surface area (Å²) in [6.45, 7) is 5.64. The van der Waals surface area contributed by atoms with Gasteiger partial charge in [-0.25, -0.2) is 0 Å². The Morgan fingerprint density at radius 2 is 1.56 bits per heavy atom. The molecule has 1 aromatic carbocycles. The van der Waals surface area contributed by atoms with E-state index >= 15 is 0 Å². The number of amides is 3. The molecule has 1 aliphatic carbocycles. The lowest BCUT2D eigenvalue weighted by atomic mass is 9.89. The Balaban J connectivity index is 1.23. The van der Waals surface area contributed by atoms with E-state index in [-0.39, 0.29) is 17.7 Å². The van der Waals surface area contributed by atoms with Gasteiger partial charge in [-0.2, -0.15) is 0 Å². The summed E-state index contributed by atoms with van der Waals surface area (Å²) < 4.78 is 0. The summed E-state index contributed by atoms with van der Waals surface area (Å²) in [7, 11) is 0. The number of nitrogens with one attached hydrogen (secondary N) is 1. The van der Waals surface area contributed by atoms with E-state index in [0.29, 0.717) is 50.0 Å². The topological polar surface area (TPSA) is 73.0 Å². The van der Waals surface area contributed by atoms with Gasteiger partial charge in [0, 0.05) is 50.7 Å². The van der Waals surface area contributed by atoms with E-state index in [2.05, 4.69) is 10.2 Å². The van der Waals surface area contributed by atoms with E-state index in [9.17, 15) is 14.4 Å². The van der Waals surface area contributed by atoms with Crippen LogP contribution in [0.1, 0.15) is 55.3 Å². The lowest BCUT2D eigenvalue weighted by molar-refractivity contribution is -0.131. The second-order valence-electron chi connectivity index (χ2n) is 9.75. The van der Waals surface area contributed by atoms with Crippen molar-refractivity contribution in [1.82, 2.24) is 20.0 Å². The van der Waals surface area contributed by atoms with Crippen LogP contribution in [-0.2, 0) is 9.59 Å². The Bertz CT molecular complexity index is 844. The van der Waals surface area contributed by atoms with Gasteiger partial charge < -0.3 is 15.1 Å². The fourth-order valence-electron chi connectivity index (χ4n) is 5.15. The summed E-state index contributed by atoms with van der Waals surface area (Å²) in [6, 6.07) is 7.58. The normalized spacial score (nSPS) is 19.9. The summed E-state index contributed by atoms with van der Waals surface area (Å²) in [5.74, 6) is 1.19. The Morgan fingerprint density at radius 1 is 0.853 bits per heavy atom. The van der Waals surface area contributed by atoms with Crippen molar-refractivity contribution in [3.05, 3.63) is 29.8 Å². The Morgan fingerprint density at radius 3 is 2.29 bits per heavy atom. The molecule has 8 heteroatoms. The summed E-state index contributed by atoms with van der Waals surface area (Å²) in [5, 5.41) is 3.08. The van der Waals surface area contributed by atoms with Crippen molar-refractivity contribution < 1.29 is 14.4 Å². The van der Waals surface area contributed by atoms with E-state index in [4.69, 9.17) is 0 Å². The van der Waals surface area contributed by atoms with Crippen molar-refractivity contribution in [3.8, 4) is 0 Å². The van der Waals surface area contributed by atoms with Crippen LogP contribution in [-0.4, -0.2) is 90.5 Å². The summed E-state index contributed by atoms with van der Waals surface area (Å²) >= 11 is 1.44. The minimum atomic E-state index is 0.0104. The molecule has 0 bridgehead atoms. The minimum absolute atomic E-state index is 0.0104. The van der Waals surface area contributed by atoms with Crippen molar-refractivity contribution in [2.45, 2.75) is 49.8 Å². The first kappa shape index (κ1) is 25.0. The first-order valence-electron chi connectivity index (χ1n) is 12.9. The van der Waals surface area contributed by atoms with Gasteiger partial charge in [-0.1, -0.05) is 31.4 Å². The SMILES string of the molecule is O=C(CSc1ccccc1C(=O)N1CCN(CC(=O)N2CCCC2)CC1)NCC1CCCCC1. The summed E-state index contributed by atoms with van der Waals surface area (Å²) in [4.78, 5) is 44.9. The number of thioether (sulfide) groups is 1. The number of hydrogen-bond acceptors (Lipinski definition) is 5. The third kappa shape index (κ3) is 6.98. The second kappa shape index (κ2) is 12.6. The molecule has 2 saturated heterocycles. The molecule has 186 valence electrons. The van der Waals surface area contributed by atoms with Crippen LogP contribution < -0.4 is 5.32 Å². The number of benzene rings is 1. The van der Waals surface area contributed by atoms with E-state index < -0.39 is 0 Å². The first-order chi connectivity index (χ1) is 16.6. The Labute approximate surface area is 207 Å². The molecule has 1 saturated carbocycles. The molecule has 7 nitrogen and oxygen atoms in total. The molecule has 3 aliphatic rings. The molecule has 2 aliphatic heterocycles. The molecular formula is C26H38N4O3S. The fourth-order valence-corrected chi connectivity index (χ4v) is 6.02. The van der Waals surface area contributed by atoms with Gasteiger partial charge in [-0.3, -0.25) is 19.3 Å². The van der Waals surface area contributed by atoms with Gasteiger partial charge in [0.2, 0.25) is 11.8 Å². The van der Waals surface area contributed by atoms with E-state index in [1.165, 1.54) is 43.9 Å². The maximum Gasteiger partial charge on any atom is 0.255 e. The number of nitrogens with zero attached hydrogens (tertiary/aromatic N) is 3. The van der Waals surface area contributed by atoms with Gasteiger partial charge in [0.1, 0.15) is 0 Å². The van der Waals surface area contributed by atoms with Crippen molar-refractivity contribution in [2.24, 2.45) is 5.92 Å². The molecule has 0 spiro atoms. The van der Waals surface area contributed by atoms with Crippen molar-refractivity contribution >= 4 is 29.5 Å². The average Bonchev–Trinajstić information content (AvgIpc) is 3.42. The van der Waals surface area contributed by atoms with Gasteiger partial charge in [0.05, 0.1) is 17.9 Å². The van der Waals surface area contributed by atoms with Crippen LogP contribution in [0.4, 0.5) is 0 Å². The zero-order valence-corrected chi connectivity index (χ0v) is 21.0. The molecule has 4 rings (SSSR count). The molecule has 1 N–H and O–H groups in total. The lowest BCUT2D eigenvalue weighted by Gasteiger charge is -2.35. The minimum Gasteiger partial charge on any atom is -0.355 e. The van der Waals surface area contributed by atoms with Crippen LogP contribution in [0.15, 0.2) is 29.2 Å². The van der Waals surface area contributed by atoms with Crippen LogP contribution in [0.5, 0.6) is 0 Å². The van der Waals surface area contributed by atoms with Crippen molar-refractivity contribution in [1.29, 1.82) is 0 Å². The van der Waals surface area contributed by atoms with E-state index in [1.54, 1.807) is 0 Å². The standard InChI is InChI=1S/C26H38N4O3S/c31-24(27-18-21-8-2-1-3-9-21)20-34-23-11-5-4-10-22(23)26(33)30-16-14-28(15-17-30)19-25(32)29-12-6-7-13-29/h4-5,10-11,21H,1-3,6-9,12-20H2,(H,27,31). The number of piperazine rings is 1. The van der Waals surface area contributed by atoms with Crippen LogP contribution in [0.3, 0.4) is 0 Å². The number of hydrogen-bond donors (Lipinski definition) is 1. The van der Waals surface area contributed by atoms with Crippen LogP contribution in [0.25, 0.3) is 0 Å². The maximum atomic E-state index is 13.3. The predicted molar refractivity (Wildman–Crippen MR) is 135 cm³/mol. The highest BCUT2D eigenvalue weighted by atomic mass is 32.2. The third-order valence-electron chi connectivity index (χ3n) is 7.27. The molecule has 0 atom stereocenters. The average molecular weight is 487 g/mol. The molecule has 3 amide bonds. The van der Waals surface area contributed by atoms with Gasteiger partial charge in [0.15, 0.2) is 0 Å². The molecule has 0 aromatic heterocycles. The molecule has 3 fully saturated rings. The van der Waals surface area contributed by atoms with Crippen LogP contribution in [0, 0.1) is 5.92 Å². The van der Waals surface area contributed by atoms with Gasteiger partial charge in [-0.05, 0) is 43.7 Å². The second-order valence-corrected chi connectivity index (χ2v) is 10.8. The van der Waals surface area contributed by atoms with E-state index in [0.717, 1.165) is 37.4 Å². The van der Waals surface area contributed by atoms with Gasteiger partial charge in [0.25, 0.3) is 5.91 Å². The van der Waals surface area contributed by atoms with Crippen molar-refractivity contribution in [2.75, 3.05) is 58.1 Å². The monoisotopic (exact) mass is 486 g/mol.